The van der Waals surface area contributed by atoms with E-state index < -0.39 is 5.97 Å². The van der Waals surface area contributed by atoms with Crippen LogP contribution in [0.5, 0.6) is 5.75 Å². The number of phenols is 1. The number of thiocarbonyl (C=S) groups is 1. The van der Waals surface area contributed by atoms with Crippen molar-refractivity contribution in [2.45, 2.75) is 0 Å². The normalized spacial score (nSPS) is 10.5. The van der Waals surface area contributed by atoms with E-state index in [1.54, 1.807) is 24.3 Å². The zero-order chi connectivity index (χ0) is 16.8. The third-order valence-electron chi connectivity index (χ3n) is 2.73. The number of aromatic carboxylic acids is 1. The summed E-state index contributed by atoms with van der Waals surface area (Å²) in [5, 5.41) is 25.9. The average molecular weight is 350 g/mol. The molecule has 0 heterocycles. The Morgan fingerprint density at radius 2 is 2.04 bits per heavy atom. The fourth-order valence-electron chi connectivity index (χ4n) is 1.68. The zero-order valence-electron chi connectivity index (χ0n) is 11.7. The van der Waals surface area contributed by atoms with E-state index in [-0.39, 0.29) is 16.4 Å². The van der Waals surface area contributed by atoms with Crippen LogP contribution in [0.1, 0.15) is 15.9 Å². The minimum Gasteiger partial charge on any atom is -0.507 e. The molecule has 2 aromatic carbocycles. The summed E-state index contributed by atoms with van der Waals surface area (Å²) in [5.41, 5.74) is 3.65. The molecule has 2 rings (SSSR count). The van der Waals surface area contributed by atoms with Crippen LogP contribution in [0.15, 0.2) is 47.6 Å². The molecule has 2 aromatic rings. The Morgan fingerprint density at radius 1 is 1.26 bits per heavy atom. The lowest BCUT2D eigenvalue weighted by molar-refractivity contribution is 0.0697. The second-order valence-corrected chi connectivity index (χ2v) is 5.26. The molecule has 118 valence electrons. The van der Waals surface area contributed by atoms with Gasteiger partial charge in [0.2, 0.25) is 0 Å². The summed E-state index contributed by atoms with van der Waals surface area (Å²) in [6.45, 7) is 0. The number of carbonyl (C=O) groups is 1. The van der Waals surface area contributed by atoms with Gasteiger partial charge in [-0.25, -0.2) is 4.79 Å². The number of aromatic hydroxyl groups is 1. The molecule has 0 aliphatic rings. The number of hydrogen-bond donors (Lipinski definition) is 4. The number of carboxylic acids is 1. The van der Waals surface area contributed by atoms with Crippen molar-refractivity contribution >= 4 is 46.8 Å². The average Bonchev–Trinajstić information content (AvgIpc) is 2.51. The van der Waals surface area contributed by atoms with Crippen LogP contribution in [0.3, 0.4) is 0 Å². The fraction of sp³-hybridized carbons (Fsp3) is 0. The number of carboxylic acid groups (broad SMARTS) is 1. The number of benzene rings is 2. The molecule has 23 heavy (non-hydrogen) atoms. The number of rotatable bonds is 4. The van der Waals surface area contributed by atoms with Gasteiger partial charge in [0, 0.05) is 16.3 Å². The predicted molar refractivity (Wildman–Crippen MR) is 93.5 cm³/mol. The van der Waals surface area contributed by atoms with Gasteiger partial charge in [0.1, 0.15) is 5.75 Å². The van der Waals surface area contributed by atoms with E-state index in [4.69, 9.17) is 28.9 Å². The first kappa shape index (κ1) is 16.7. The lowest BCUT2D eigenvalue weighted by Crippen LogP contribution is -2.24. The van der Waals surface area contributed by atoms with E-state index >= 15 is 0 Å². The quantitative estimate of drug-likeness (QED) is 0.385. The molecule has 0 bridgehead atoms. The van der Waals surface area contributed by atoms with Crippen LogP contribution >= 0.6 is 23.8 Å². The monoisotopic (exact) mass is 349 g/mol. The highest BCUT2D eigenvalue weighted by Gasteiger charge is 2.04. The number of anilines is 1. The summed E-state index contributed by atoms with van der Waals surface area (Å²) >= 11 is 10.9. The van der Waals surface area contributed by atoms with E-state index in [0.717, 1.165) is 0 Å². The summed E-state index contributed by atoms with van der Waals surface area (Å²) in [7, 11) is 0. The van der Waals surface area contributed by atoms with E-state index in [1.807, 2.05) is 0 Å². The lowest BCUT2D eigenvalue weighted by Gasteiger charge is -2.07. The summed E-state index contributed by atoms with van der Waals surface area (Å²) < 4.78 is 0. The minimum absolute atomic E-state index is 0.0352. The van der Waals surface area contributed by atoms with Crippen LogP contribution in [0.25, 0.3) is 0 Å². The molecule has 0 amide bonds. The molecule has 6 nitrogen and oxygen atoms in total. The van der Waals surface area contributed by atoms with Crippen molar-refractivity contribution in [1.29, 1.82) is 0 Å². The topological polar surface area (TPSA) is 94.0 Å². The van der Waals surface area contributed by atoms with Crippen LogP contribution in [0, 0.1) is 0 Å². The summed E-state index contributed by atoms with van der Waals surface area (Å²) in [6, 6.07) is 10.8. The van der Waals surface area contributed by atoms with Crippen LogP contribution in [0.4, 0.5) is 5.69 Å². The first-order chi connectivity index (χ1) is 11.0. The van der Waals surface area contributed by atoms with Crippen LogP contribution < -0.4 is 10.7 Å². The lowest BCUT2D eigenvalue weighted by atomic mass is 10.2. The van der Waals surface area contributed by atoms with Crippen molar-refractivity contribution < 1.29 is 15.0 Å². The van der Waals surface area contributed by atoms with E-state index in [0.29, 0.717) is 16.3 Å². The van der Waals surface area contributed by atoms with Gasteiger partial charge in [0.15, 0.2) is 5.11 Å². The second-order valence-electron chi connectivity index (χ2n) is 4.41. The summed E-state index contributed by atoms with van der Waals surface area (Å²) in [5.74, 6) is -0.991. The third kappa shape index (κ3) is 4.94. The molecule has 0 saturated heterocycles. The van der Waals surface area contributed by atoms with Gasteiger partial charge in [-0.1, -0.05) is 17.7 Å². The number of hydrogen-bond acceptors (Lipinski definition) is 4. The van der Waals surface area contributed by atoms with Crippen molar-refractivity contribution in [3.63, 3.8) is 0 Å². The molecular weight excluding hydrogens is 338 g/mol. The summed E-state index contributed by atoms with van der Waals surface area (Å²) in [6.07, 6.45) is 1.36. The predicted octanol–water partition coefficient (Wildman–Crippen LogP) is 3.06. The Labute approximate surface area is 142 Å². The molecule has 8 heteroatoms. The molecule has 0 radical (unpaired) electrons. The molecule has 0 aliphatic carbocycles. The molecule has 0 aliphatic heterocycles. The van der Waals surface area contributed by atoms with E-state index in [9.17, 15) is 9.90 Å². The second kappa shape index (κ2) is 7.57. The maximum atomic E-state index is 10.9. The molecule has 0 saturated carbocycles. The van der Waals surface area contributed by atoms with Gasteiger partial charge in [-0.3, -0.25) is 5.43 Å². The molecule has 0 atom stereocenters. The van der Waals surface area contributed by atoms with Gasteiger partial charge in [0.25, 0.3) is 0 Å². The van der Waals surface area contributed by atoms with Gasteiger partial charge in [-0.05, 0) is 48.6 Å². The Bertz CT molecular complexity index is 780. The van der Waals surface area contributed by atoms with Gasteiger partial charge in [-0.15, -0.1) is 0 Å². The first-order valence-corrected chi connectivity index (χ1v) is 7.16. The van der Waals surface area contributed by atoms with Crippen LogP contribution in [0.2, 0.25) is 5.02 Å². The Kier molecular flexibility index (Phi) is 5.51. The Balaban J connectivity index is 1.97. The highest BCUT2D eigenvalue weighted by Crippen LogP contribution is 2.19. The maximum absolute atomic E-state index is 10.9. The Hall–Kier alpha value is -2.64. The Morgan fingerprint density at radius 3 is 2.78 bits per heavy atom. The zero-order valence-corrected chi connectivity index (χ0v) is 13.2. The number of phenolic OH excluding ortho intramolecular Hbond substituents is 1. The molecule has 0 spiro atoms. The number of nitrogens with one attached hydrogen (secondary N) is 2. The van der Waals surface area contributed by atoms with Gasteiger partial charge in [0.05, 0.1) is 11.8 Å². The maximum Gasteiger partial charge on any atom is 0.335 e. The molecule has 0 aromatic heterocycles. The smallest absolute Gasteiger partial charge is 0.335 e. The number of halogens is 1. The van der Waals surface area contributed by atoms with E-state index in [2.05, 4.69) is 15.8 Å². The highest BCUT2D eigenvalue weighted by atomic mass is 35.5. The van der Waals surface area contributed by atoms with E-state index in [1.165, 1.54) is 24.4 Å². The van der Waals surface area contributed by atoms with Crippen LogP contribution in [-0.2, 0) is 0 Å². The highest BCUT2D eigenvalue weighted by molar-refractivity contribution is 7.80. The van der Waals surface area contributed by atoms with Crippen molar-refractivity contribution in [1.82, 2.24) is 5.43 Å². The summed E-state index contributed by atoms with van der Waals surface area (Å²) in [4.78, 5) is 10.9. The molecular formula is C15H12ClN3O3S. The third-order valence-corrected chi connectivity index (χ3v) is 3.16. The number of hydrazone groups is 1. The standard InChI is InChI=1S/C15H12ClN3O3S/c16-11-4-5-13(20)10(6-11)8-17-19-15(23)18-12-3-1-2-9(7-12)14(21)22/h1-8,20H,(H,21,22)(H2,18,19,23)/b17-8+. The number of nitrogens with zero attached hydrogens (tertiary/aromatic N) is 1. The van der Waals surface area contributed by atoms with Crippen molar-refractivity contribution in [2.75, 3.05) is 5.32 Å². The minimum atomic E-state index is -1.03. The molecule has 4 N–H and O–H groups in total. The van der Waals surface area contributed by atoms with Crippen molar-refractivity contribution in [3.05, 3.63) is 58.6 Å². The van der Waals surface area contributed by atoms with Gasteiger partial charge < -0.3 is 15.5 Å². The fourth-order valence-corrected chi connectivity index (χ4v) is 2.03. The van der Waals surface area contributed by atoms with Crippen molar-refractivity contribution in [3.8, 4) is 5.75 Å². The van der Waals surface area contributed by atoms with Gasteiger partial charge in [-0.2, -0.15) is 5.10 Å². The van der Waals surface area contributed by atoms with Gasteiger partial charge >= 0.3 is 5.97 Å². The van der Waals surface area contributed by atoms with Crippen LogP contribution in [-0.4, -0.2) is 27.5 Å². The van der Waals surface area contributed by atoms with Crippen molar-refractivity contribution in [2.24, 2.45) is 5.10 Å². The molecule has 0 fully saturated rings. The SMILES string of the molecule is O=C(O)c1cccc(NC(=S)N/N=C/c2cc(Cl)ccc2O)c1. The largest absolute Gasteiger partial charge is 0.507 e. The molecule has 0 unspecified atom stereocenters. The first-order valence-electron chi connectivity index (χ1n) is 6.37.